The summed E-state index contributed by atoms with van der Waals surface area (Å²) in [6, 6.07) is 16.6. The van der Waals surface area contributed by atoms with Crippen molar-refractivity contribution in [3.63, 3.8) is 0 Å². The highest BCUT2D eigenvalue weighted by Gasteiger charge is 2.29. The smallest absolute Gasteiger partial charge is 0.407 e. The quantitative estimate of drug-likeness (QED) is 0.785. The molecule has 0 aliphatic heterocycles. The number of amides is 1. The molecular formula is C22H27NO3. The number of nitrogens with one attached hydrogen (secondary N) is 1. The van der Waals surface area contributed by atoms with E-state index in [1.165, 1.54) is 22.3 Å². The predicted molar refractivity (Wildman–Crippen MR) is 103 cm³/mol. The Balaban J connectivity index is 1.62. The zero-order chi connectivity index (χ0) is 18.5. The lowest BCUT2D eigenvalue weighted by Gasteiger charge is -2.21. The summed E-state index contributed by atoms with van der Waals surface area (Å²) >= 11 is 0. The second-order valence-electron chi connectivity index (χ2n) is 7.03. The third kappa shape index (κ3) is 3.75. The van der Waals surface area contributed by atoms with Crippen LogP contribution < -0.4 is 5.32 Å². The van der Waals surface area contributed by atoms with E-state index in [1.807, 2.05) is 24.3 Å². The topological polar surface area (TPSA) is 58.6 Å². The van der Waals surface area contributed by atoms with Crippen LogP contribution in [0.5, 0.6) is 0 Å². The lowest BCUT2D eigenvalue weighted by molar-refractivity contribution is 0.132. The van der Waals surface area contributed by atoms with Gasteiger partial charge in [0.2, 0.25) is 0 Å². The molecule has 0 radical (unpaired) electrons. The van der Waals surface area contributed by atoms with Crippen molar-refractivity contribution >= 4 is 6.09 Å². The van der Waals surface area contributed by atoms with Gasteiger partial charge in [-0.1, -0.05) is 68.8 Å². The van der Waals surface area contributed by atoms with Crippen molar-refractivity contribution in [2.75, 3.05) is 19.8 Å². The van der Waals surface area contributed by atoms with E-state index in [2.05, 4.69) is 43.4 Å². The van der Waals surface area contributed by atoms with E-state index in [0.717, 1.165) is 6.42 Å². The fourth-order valence-electron chi connectivity index (χ4n) is 3.64. The summed E-state index contributed by atoms with van der Waals surface area (Å²) in [5, 5.41) is 12.3. The molecule has 1 aliphatic carbocycles. The van der Waals surface area contributed by atoms with Gasteiger partial charge in [-0.25, -0.2) is 4.79 Å². The van der Waals surface area contributed by atoms with E-state index in [0.29, 0.717) is 19.1 Å². The van der Waals surface area contributed by atoms with Gasteiger partial charge in [-0.05, 0) is 28.2 Å². The lowest BCUT2D eigenvalue weighted by Crippen LogP contribution is -2.34. The van der Waals surface area contributed by atoms with E-state index >= 15 is 0 Å². The molecule has 1 amide bonds. The van der Waals surface area contributed by atoms with E-state index in [4.69, 9.17) is 4.74 Å². The first-order valence-corrected chi connectivity index (χ1v) is 9.35. The average molecular weight is 353 g/mol. The van der Waals surface area contributed by atoms with Crippen molar-refractivity contribution in [3.8, 4) is 11.1 Å². The van der Waals surface area contributed by atoms with Gasteiger partial charge in [-0.3, -0.25) is 0 Å². The maximum Gasteiger partial charge on any atom is 0.407 e. The van der Waals surface area contributed by atoms with Crippen LogP contribution in [0.3, 0.4) is 0 Å². The number of benzene rings is 2. The minimum absolute atomic E-state index is 0.0560. The number of carbonyl (C=O) groups excluding carboxylic acids is 1. The Morgan fingerprint density at radius 3 is 2.23 bits per heavy atom. The Bertz CT molecular complexity index is 713. The molecule has 0 saturated heterocycles. The van der Waals surface area contributed by atoms with Crippen LogP contribution in [0, 0.1) is 11.8 Å². The van der Waals surface area contributed by atoms with Gasteiger partial charge in [0.05, 0.1) is 0 Å². The van der Waals surface area contributed by atoms with Gasteiger partial charge >= 0.3 is 6.09 Å². The van der Waals surface area contributed by atoms with E-state index in [1.54, 1.807) is 0 Å². The maximum absolute atomic E-state index is 12.1. The zero-order valence-electron chi connectivity index (χ0n) is 15.4. The summed E-state index contributed by atoms with van der Waals surface area (Å²) in [6.45, 7) is 4.98. The summed E-state index contributed by atoms with van der Waals surface area (Å²) in [5.74, 6) is 0.478. The van der Waals surface area contributed by atoms with E-state index < -0.39 is 6.09 Å². The van der Waals surface area contributed by atoms with Crippen LogP contribution >= 0.6 is 0 Å². The summed E-state index contributed by atoms with van der Waals surface area (Å²) in [7, 11) is 0. The van der Waals surface area contributed by atoms with Gasteiger partial charge in [0.15, 0.2) is 0 Å². The average Bonchev–Trinajstić information content (AvgIpc) is 3.00. The molecule has 0 fully saturated rings. The fraction of sp³-hybridized carbons (Fsp3) is 0.409. The van der Waals surface area contributed by atoms with Crippen LogP contribution in [0.1, 0.15) is 37.3 Å². The Morgan fingerprint density at radius 1 is 1.12 bits per heavy atom. The second kappa shape index (κ2) is 8.37. The number of hydrogen-bond donors (Lipinski definition) is 2. The van der Waals surface area contributed by atoms with Gasteiger partial charge in [-0.2, -0.15) is 0 Å². The fourth-order valence-corrected chi connectivity index (χ4v) is 3.64. The highest BCUT2D eigenvalue weighted by Crippen LogP contribution is 2.44. The van der Waals surface area contributed by atoms with Crippen molar-refractivity contribution in [2.45, 2.75) is 26.2 Å². The molecule has 2 aromatic rings. The minimum Gasteiger partial charge on any atom is -0.449 e. The second-order valence-corrected chi connectivity index (χ2v) is 7.03. The molecular weight excluding hydrogens is 326 g/mol. The van der Waals surface area contributed by atoms with Crippen LogP contribution in [0.2, 0.25) is 0 Å². The van der Waals surface area contributed by atoms with Crippen molar-refractivity contribution in [3.05, 3.63) is 59.7 Å². The third-order valence-electron chi connectivity index (χ3n) is 5.54. The van der Waals surface area contributed by atoms with E-state index in [9.17, 15) is 9.90 Å². The van der Waals surface area contributed by atoms with E-state index in [-0.39, 0.29) is 18.4 Å². The van der Waals surface area contributed by atoms with Gasteiger partial charge < -0.3 is 15.2 Å². The largest absolute Gasteiger partial charge is 0.449 e. The molecule has 0 heterocycles. The van der Waals surface area contributed by atoms with Crippen molar-refractivity contribution < 1.29 is 14.6 Å². The molecule has 3 rings (SSSR count). The van der Waals surface area contributed by atoms with Gasteiger partial charge in [0.25, 0.3) is 0 Å². The molecule has 2 N–H and O–H groups in total. The third-order valence-corrected chi connectivity index (χ3v) is 5.54. The van der Waals surface area contributed by atoms with Crippen molar-refractivity contribution in [1.29, 1.82) is 0 Å². The summed E-state index contributed by atoms with van der Waals surface area (Å²) in [6.07, 6.45) is 0.547. The molecule has 0 spiro atoms. The molecule has 0 aromatic heterocycles. The van der Waals surface area contributed by atoms with Crippen LogP contribution in [0.4, 0.5) is 4.79 Å². The molecule has 2 atom stereocenters. The van der Waals surface area contributed by atoms with Gasteiger partial charge in [-0.15, -0.1) is 0 Å². The molecule has 0 saturated carbocycles. The summed E-state index contributed by atoms with van der Waals surface area (Å²) in [4.78, 5) is 12.1. The highest BCUT2D eigenvalue weighted by atomic mass is 16.5. The Morgan fingerprint density at radius 2 is 1.69 bits per heavy atom. The first-order valence-electron chi connectivity index (χ1n) is 9.35. The van der Waals surface area contributed by atoms with Crippen LogP contribution in [-0.2, 0) is 4.74 Å². The lowest BCUT2D eigenvalue weighted by atomic mass is 9.92. The number of alkyl carbamates (subject to hydrolysis) is 1. The molecule has 2 unspecified atom stereocenters. The SMILES string of the molecule is CCC(C)C(CO)CNC(=O)OCC1c2ccccc2-c2ccccc21. The zero-order valence-corrected chi connectivity index (χ0v) is 15.4. The Hall–Kier alpha value is -2.33. The van der Waals surface area contributed by atoms with Crippen molar-refractivity contribution in [1.82, 2.24) is 5.32 Å². The standard InChI is InChI=1S/C22H27NO3/c1-3-15(2)16(13-24)12-23-22(25)26-14-21-19-10-6-4-8-17(19)18-9-5-7-11-20(18)21/h4-11,15-16,21,24H,3,12-14H2,1-2H3,(H,23,25). The first kappa shape index (κ1) is 18.5. The first-order chi connectivity index (χ1) is 12.7. The number of hydrogen-bond acceptors (Lipinski definition) is 3. The maximum atomic E-state index is 12.1. The minimum atomic E-state index is -0.423. The normalized spacial score (nSPS) is 15.0. The molecule has 1 aliphatic rings. The molecule has 26 heavy (non-hydrogen) atoms. The van der Waals surface area contributed by atoms with Gasteiger partial charge in [0.1, 0.15) is 6.61 Å². The molecule has 2 aromatic carbocycles. The van der Waals surface area contributed by atoms with Crippen LogP contribution in [0.15, 0.2) is 48.5 Å². The monoisotopic (exact) mass is 353 g/mol. The number of aliphatic hydroxyl groups is 1. The summed E-state index contributed by atoms with van der Waals surface area (Å²) in [5.41, 5.74) is 4.84. The van der Waals surface area contributed by atoms with Gasteiger partial charge in [0, 0.05) is 25.0 Å². The van der Waals surface area contributed by atoms with Crippen LogP contribution in [-0.4, -0.2) is 31.0 Å². The summed E-state index contributed by atoms with van der Waals surface area (Å²) < 4.78 is 5.52. The van der Waals surface area contributed by atoms with Crippen LogP contribution in [0.25, 0.3) is 11.1 Å². The number of rotatable bonds is 7. The molecule has 0 bridgehead atoms. The molecule has 138 valence electrons. The van der Waals surface area contributed by atoms with Crippen molar-refractivity contribution in [2.24, 2.45) is 11.8 Å². The number of fused-ring (bicyclic) bond motifs is 3. The Kier molecular flexibility index (Phi) is 5.94. The molecule has 4 heteroatoms. The highest BCUT2D eigenvalue weighted by molar-refractivity contribution is 5.79. The molecule has 4 nitrogen and oxygen atoms in total. The Labute approximate surface area is 155 Å². The number of carbonyl (C=O) groups is 1. The number of aliphatic hydroxyl groups excluding tert-OH is 1. The predicted octanol–water partition coefficient (Wildman–Crippen LogP) is 4.18. The number of ether oxygens (including phenoxy) is 1.